The van der Waals surface area contributed by atoms with Crippen LogP contribution in [-0.2, 0) is 6.42 Å². The highest BCUT2D eigenvalue weighted by Crippen LogP contribution is 2.31. The van der Waals surface area contributed by atoms with Crippen molar-refractivity contribution in [3.63, 3.8) is 0 Å². The molecule has 2 N–H and O–H groups in total. The molecule has 3 heteroatoms. The summed E-state index contributed by atoms with van der Waals surface area (Å²) in [4.78, 5) is 2.54. The first-order valence-electron chi connectivity index (χ1n) is 8.12. The van der Waals surface area contributed by atoms with E-state index in [4.69, 9.17) is 17.3 Å². The summed E-state index contributed by atoms with van der Waals surface area (Å²) in [6.07, 6.45) is 6.26. The van der Waals surface area contributed by atoms with Gasteiger partial charge in [-0.2, -0.15) is 0 Å². The largest absolute Gasteiger partial charge is 0.329 e. The molecule has 1 aliphatic carbocycles. The van der Waals surface area contributed by atoms with Gasteiger partial charge in [0.25, 0.3) is 0 Å². The Morgan fingerprint density at radius 1 is 1.19 bits per heavy atom. The minimum absolute atomic E-state index is 0.0130. The van der Waals surface area contributed by atoms with Crippen LogP contribution in [0.1, 0.15) is 45.1 Å². The van der Waals surface area contributed by atoms with Gasteiger partial charge >= 0.3 is 0 Å². The molecule has 1 aromatic carbocycles. The summed E-state index contributed by atoms with van der Waals surface area (Å²) in [5.41, 5.74) is 7.47. The fraction of sp³-hybridized carbons (Fsp3) is 0.667. The summed E-state index contributed by atoms with van der Waals surface area (Å²) in [6, 6.07) is 8.84. The lowest BCUT2D eigenvalue weighted by atomic mass is 9.83. The zero-order valence-electron chi connectivity index (χ0n) is 13.6. The van der Waals surface area contributed by atoms with Crippen molar-refractivity contribution >= 4 is 11.6 Å². The Bertz CT molecular complexity index is 437. The summed E-state index contributed by atoms with van der Waals surface area (Å²) < 4.78 is 0. The summed E-state index contributed by atoms with van der Waals surface area (Å²) in [6.45, 7) is 5.34. The molecule has 2 nitrogen and oxygen atoms in total. The first-order valence-corrected chi connectivity index (χ1v) is 8.50. The smallest absolute Gasteiger partial charge is 0.0406 e. The van der Waals surface area contributed by atoms with E-state index in [0.717, 1.165) is 17.4 Å². The van der Waals surface area contributed by atoms with Crippen molar-refractivity contribution in [2.45, 2.75) is 57.5 Å². The van der Waals surface area contributed by atoms with Crippen LogP contribution in [0, 0.1) is 5.92 Å². The first-order chi connectivity index (χ1) is 9.94. The maximum absolute atomic E-state index is 6.15. The van der Waals surface area contributed by atoms with E-state index in [-0.39, 0.29) is 5.54 Å². The number of rotatable bonds is 5. The van der Waals surface area contributed by atoms with Gasteiger partial charge in [-0.25, -0.2) is 0 Å². The summed E-state index contributed by atoms with van der Waals surface area (Å²) in [5, 5.41) is 0.794. The summed E-state index contributed by atoms with van der Waals surface area (Å²) in [5.74, 6) is 0.884. The van der Waals surface area contributed by atoms with Gasteiger partial charge in [-0.15, -0.1) is 0 Å². The van der Waals surface area contributed by atoms with E-state index in [2.05, 4.69) is 37.9 Å². The monoisotopic (exact) mass is 308 g/mol. The van der Waals surface area contributed by atoms with Crippen LogP contribution in [-0.4, -0.2) is 30.1 Å². The molecule has 0 aromatic heterocycles. The van der Waals surface area contributed by atoms with E-state index in [1.807, 2.05) is 12.1 Å². The molecule has 0 saturated heterocycles. The molecule has 1 unspecified atom stereocenters. The van der Waals surface area contributed by atoms with Gasteiger partial charge in [-0.3, -0.25) is 4.90 Å². The lowest BCUT2D eigenvalue weighted by Gasteiger charge is -2.45. The van der Waals surface area contributed by atoms with Crippen LogP contribution in [0.25, 0.3) is 0 Å². The molecule has 0 bridgehead atoms. The third-order valence-electron chi connectivity index (χ3n) is 5.32. The van der Waals surface area contributed by atoms with Crippen molar-refractivity contribution in [2.24, 2.45) is 11.7 Å². The normalized spacial score (nSPS) is 25.8. The van der Waals surface area contributed by atoms with Crippen LogP contribution in [0.15, 0.2) is 24.3 Å². The number of likely N-dealkylation sites (N-methyl/N-ethyl adjacent to an activating group) is 1. The van der Waals surface area contributed by atoms with Gasteiger partial charge in [0, 0.05) is 23.1 Å². The predicted octanol–water partition coefficient (Wildman–Crippen LogP) is 4.11. The Kier molecular flexibility index (Phi) is 5.70. The van der Waals surface area contributed by atoms with Crippen LogP contribution < -0.4 is 5.73 Å². The Hall–Kier alpha value is -0.570. The quantitative estimate of drug-likeness (QED) is 0.887. The fourth-order valence-electron chi connectivity index (χ4n) is 3.45. The maximum Gasteiger partial charge on any atom is 0.0406 e. The van der Waals surface area contributed by atoms with E-state index in [9.17, 15) is 0 Å². The Morgan fingerprint density at radius 3 is 2.29 bits per heavy atom. The highest BCUT2D eigenvalue weighted by Gasteiger charge is 2.34. The van der Waals surface area contributed by atoms with E-state index in [1.54, 1.807) is 0 Å². The Labute approximate surface area is 134 Å². The molecule has 0 amide bonds. The first kappa shape index (κ1) is 16.8. The Balaban J connectivity index is 2.06. The molecule has 1 fully saturated rings. The lowest BCUT2D eigenvalue weighted by Crippen LogP contribution is -2.56. The summed E-state index contributed by atoms with van der Waals surface area (Å²) in [7, 11) is 2.25. The average Bonchev–Trinajstić information content (AvgIpc) is 2.49. The van der Waals surface area contributed by atoms with Gasteiger partial charge in [0.2, 0.25) is 0 Å². The van der Waals surface area contributed by atoms with E-state index < -0.39 is 0 Å². The molecule has 1 atom stereocenters. The zero-order chi connectivity index (χ0) is 15.5. The predicted molar refractivity (Wildman–Crippen MR) is 91.8 cm³/mol. The van der Waals surface area contributed by atoms with Crippen LogP contribution in [0.4, 0.5) is 0 Å². The SMILES string of the molecule is CC1CCC(N(C)C(C)(CN)Cc2ccc(Cl)cc2)CC1. The molecular weight excluding hydrogens is 280 g/mol. The number of nitrogens with zero attached hydrogens (tertiary/aromatic N) is 1. The highest BCUT2D eigenvalue weighted by atomic mass is 35.5. The van der Waals surface area contributed by atoms with Crippen molar-refractivity contribution in [2.75, 3.05) is 13.6 Å². The second kappa shape index (κ2) is 7.13. The fourth-order valence-corrected chi connectivity index (χ4v) is 3.58. The average molecular weight is 309 g/mol. The van der Waals surface area contributed by atoms with Crippen molar-refractivity contribution in [3.05, 3.63) is 34.9 Å². The number of halogens is 1. The minimum atomic E-state index is 0.0130. The van der Waals surface area contributed by atoms with Gasteiger partial charge in [0.15, 0.2) is 0 Å². The molecule has 1 aromatic rings. The van der Waals surface area contributed by atoms with Crippen LogP contribution >= 0.6 is 11.6 Å². The minimum Gasteiger partial charge on any atom is -0.329 e. The number of hydrogen-bond acceptors (Lipinski definition) is 2. The van der Waals surface area contributed by atoms with Crippen molar-refractivity contribution in [1.29, 1.82) is 0 Å². The van der Waals surface area contributed by atoms with Crippen LogP contribution in [0.5, 0.6) is 0 Å². The van der Waals surface area contributed by atoms with Crippen LogP contribution in [0.3, 0.4) is 0 Å². The molecular formula is C18H29ClN2. The number of benzene rings is 1. The van der Waals surface area contributed by atoms with E-state index in [1.165, 1.54) is 31.2 Å². The van der Waals surface area contributed by atoms with Gasteiger partial charge in [0.1, 0.15) is 0 Å². The second-order valence-electron chi connectivity index (χ2n) is 7.03. The molecule has 0 spiro atoms. The molecule has 0 radical (unpaired) electrons. The van der Waals surface area contributed by atoms with Gasteiger partial charge in [-0.05, 0) is 69.7 Å². The molecule has 1 aliphatic rings. The molecule has 118 valence electrons. The zero-order valence-corrected chi connectivity index (χ0v) is 14.4. The molecule has 2 rings (SSSR count). The number of nitrogens with two attached hydrogens (primary N) is 1. The molecule has 0 heterocycles. The molecule has 0 aliphatic heterocycles. The van der Waals surface area contributed by atoms with Crippen molar-refractivity contribution < 1.29 is 0 Å². The summed E-state index contributed by atoms with van der Waals surface area (Å²) >= 11 is 5.98. The maximum atomic E-state index is 6.15. The highest BCUT2D eigenvalue weighted by molar-refractivity contribution is 6.30. The second-order valence-corrected chi connectivity index (χ2v) is 7.47. The topological polar surface area (TPSA) is 29.3 Å². The van der Waals surface area contributed by atoms with E-state index in [0.29, 0.717) is 12.6 Å². The van der Waals surface area contributed by atoms with E-state index >= 15 is 0 Å². The van der Waals surface area contributed by atoms with Crippen LogP contribution in [0.2, 0.25) is 5.02 Å². The van der Waals surface area contributed by atoms with Gasteiger partial charge < -0.3 is 5.73 Å². The standard InChI is InChI=1S/C18H29ClN2/c1-14-4-10-17(11-5-14)21(3)18(2,13-20)12-15-6-8-16(19)9-7-15/h6-9,14,17H,4-5,10-13,20H2,1-3H3. The molecule has 21 heavy (non-hydrogen) atoms. The van der Waals surface area contributed by atoms with Gasteiger partial charge in [0.05, 0.1) is 0 Å². The van der Waals surface area contributed by atoms with Crippen molar-refractivity contribution in [1.82, 2.24) is 4.90 Å². The number of hydrogen-bond donors (Lipinski definition) is 1. The third kappa shape index (κ3) is 4.21. The van der Waals surface area contributed by atoms with Gasteiger partial charge in [-0.1, -0.05) is 30.7 Å². The third-order valence-corrected chi connectivity index (χ3v) is 5.57. The van der Waals surface area contributed by atoms with Crippen molar-refractivity contribution in [3.8, 4) is 0 Å². The Morgan fingerprint density at radius 2 is 1.76 bits per heavy atom. The lowest BCUT2D eigenvalue weighted by molar-refractivity contribution is 0.0625. The molecule has 1 saturated carbocycles.